The van der Waals surface area contributed by atoms with Gasteiger partial charge in [-0.25, -0.2) is 0 Å². The van der Waals surface area contributed by atoms with Gasteiger partial charge in [-0.1, -0.05) is 85.2 Å². The predicted octanol–water partition coefficient (Wildman–Crippen LogP) is 8.38. The van der Waals surface area contributed by atoms with E-state index in [1.165, 1.54) is 65.7 Å². The molecule has 0 bridgehead atoms. The van der Waals surface area contributed by atoms with E-state index in [1.54, 1.807) is 0 Å². The standard InChI is InChI=1S/C31H31N/c1-24-11-16-28(17-12-24)32(30-18-13-25(2)23-30)29-19-14-27(15-20-29)31(21-7-4-8-22-31)26-9-5-3-6-10-26/h3,5-6,9-20H,4,7-8,21-22H2,1-2H3. The summed E-state index contributed by atoms with van der Waals surface area (Å²) in [6.07, 6.45) is 10.7. The van der Waals surface area contributed by atoms with Gasteiger partial charge in [0.2, 0.25) is 0 Å². The quantitative estimate of drug-likeness (QED) is 0.377. The fourth-order valence-corrected chi connectivity index (χ4v) is 5.33. The van der Waals surface area contributed by atoms with E-state index in [1.807, 2.05) is 0 Å². The van der Waals surface area contributed by atoms with Crippen LogP contribution in [0.5, 0.6) is 0 Å². The third-order valence-corrected chi connectivity index (χ3v) is 7.06. The van der Waals surface area contributed by atoms with Crippen LogP contribution in [0.3, 0.4) is 0 Å². The van der Waals surface area contributed by atoms with E-state index >= 15 is 0 Å². The summed E-state index contributed by atoms with van der Waals surface area (Å²) in [5, 5.41) is 0. The van der Waals surface area contributed by atoms with Crippen LogP contribution in [0.15, 0.2) is 108 Å². The molecule has 1 heteroatoms. The zero-order valence-corrected chi connectivity index (χ0v) is 19.1. The van der Waals surface area contributed by atoms with Gasteiger partial charge >= 0.3 is 0 Å². The molecule has 32 heavy (non-hydrogen) atoms. The van der Waals surface area contributed by atoms with Crippen molar-refractivity contribution in [2.24, 2.45) is 0 Å². The van der Waals surface area contributed by atoms with Gasteiger partial charge in [-0.15, -0.1) is 0 Å². The summed E-state index contributed by atoms with van der Waals surface area (Å²) in [6.45, 7) is 4.24. The zero-order chi connectivity index (χ0) is 22.0. The Morgan fingerprint density at radius 2 is 1.25 bits per heavy atom. The van der Waals surface area contributed by atoms with Gasteiger partial charge in [0.15, 0.2) is 0 Å². The molecule has 3 aromatic carbocycles. The van der Waals surface area contributed by atoms with Crippen LogP contribution in [0.2, 0.25) is 0 Å². The van der Waals surface area contributed by atoms with Crippen molar-refractivity contribution >= 4 is 11.4 Å². The highest BCUT2D eigenvalue weighted by atomic mass is 15.1. The van der Waals surface area contributed by atoms with Gasteiger partial charge in [0, 0.05) is 16.8 Å². The number of allylic oxidation sites excluding steroid dienone is 2. The molecule has 0 heterocycles. The minimum atomic E-state index is 0.135. The maximum absolute atomic E-state index is 3.52. The van der Waals surface area contributed by atoms with Crippen molar-refractivity contribution in [1.29, 1.82) is 0 Å². The average molecular weight is 418 g/mol. The number of hydrogen-bond donors (Lipinski definition) is 0. The average Bonchev–Trinajstić information content (AvgIpc) is 3.27. The second-order valence-corrected chi connectivity index (χ2v) is 9.25. The van der Waals surface area contributed by atoms with Crippen LogP contribution < -0.4 is 4.90 Å². The van der Waals surface area contributed by atoms with Crippen LogP contribution >= 0.6 is 0 Å². The van der Waals surface area contributed by atoms with Crippen molar-refractivity contribution in [3.05, 3.63) is 125 Å². The molecule has 0 atom stereocenters. The molecule has 1 nitrogen and oxygen atoms in total. The Labute approximate surface area is 192 Å². The van der Waals surface area contributed by atoms with Crippen molar-refractivity contribution in [1.82, 2.24) is 0 Å². The smallest absolute Gasteiger partial charge is 0.0893 e. The summed E-state index contributed by atoms with van der Waals surface area (Å²) in [5.41, 5.74) is 12.4. The molecule has 0 unspecified atom stereocenters. The number of benzene rings is 3. The van der Waals surface area contributed by atoms with E-state index in [-0.39, 0.29) is 5.41 Å². The maximum Gasteiger partial charge on any atom is 0.0893 e. The number of hydrogen-bond acceptors (Lipinski definition) is 1. The van der Waals surface area contributed by atoms with Crippen molar-refractivity contribution in [3.63, 3.8) is 0 Å². The Balaban J connectivity index is 1.56. The first-order chi connectivity index (χ1) is 15.7. The summed E-state index contributed by atoms with van der Waals surface area (Å²) in [7, 11) is 0. The van der Waals surface area contributed by atoms with Gasteiger partial charge in [0.25, 0.3) is 0 Å². The number of rotatable bonds is 5. The minimum Gasteiger partial charge on any atom is -0.304 e. The van der Waals surface area contributed by atoms with Gasteiger partial charge in [-0.2, -0.15) is 0 Å². The third-order valence-electron chi connectivity index (χ3n) is 7.06. The van der Waals surface area contributed by atoms with Crippen molar-refractivity contribution in [2.45, 2.75) is 51.4 Å². The molecule has 0 aromatic heterocycles. The van der Waals surface area contributed by atoms with E-state index in [0.29, 0.717) is 0 Å². The summed E-state index contributed by atoms with van der Waals surface area (Å²) < 4.78 is 0. The number of aryl methyl sites for hydroxylation is 1. The number of anilines is 2. The Bertz CT molecular complexity index is 1170. The monoisotopic (exact) mass is 417 g/mol. The van der Waals surface area contributed by atoms with Crippen LogP contribution in [0.1, 0.15) is 55.7 Å². The molecule has 0 saturated heterocycles. The first-order valence-corrected chi connectivity index (χ1v) is 11.8. The lowest BCUT2D eigenvalue weighted by atomic mass is 9.65. The molecule has 1 fully saturated rings. The molecular weight excluding hydrogens is 386 g/mol. The van der Waals surface area contributed by atoms with E-state index in [4.69, 9.17) is 0 Å². The topological polar surface area (TPSA) is 3.24 Å². The molecule has 2 aliphatic rings. The van der Waals surface area contributed by atoms with Crippen LogP contribution in [-0.2, 0) is 5.41 Å². The third kappa shape index (κ3) is 3.85. The van der Waals surface area contributed by atoms with Crippen molar-refractivity contribution in [2.75, 3.05) is 4.90 Å². The molecule has 2 aliphatic carbocycles. The second-order valence-electron chi connectivity index (χ2n) is 9.25. The Kier molecular flexibility index (Phi) is 5.60. The highest BCUT2D eigenvalue weighted by Gasteiger charge is 2.35. The van der Waals surface area contributed by atoms with E-state index in [2.05, 4.69) is 115 Å². The van der Waals surface area contributed by atoms with Crippen molar-refractivity contribution < 1.29 is 0 Å². The van der Waals surface area contributed by atoms with E-state index in [9.17, 15) is 0 Å². The van der Waals surface area contributed by atoms with Gasteiger partial charge in [-0.3, -0.25) is 0 Å². The molecule has 0 amide bonds. The molecule has 0 N–H and O–H groups in total. The summed E-state index contributed by atoms with van der Waals surface area (Å²) >= 11 is 0. The summed E-state index contributed by atoms with van der Waals surface area (Å²) in [6, 6.07) is 29.2. The lowest BCUT2D eigenvalue weighted by Crippen LogP contribution is -2.30. The maximum atomic E-state index is 3.52. The Morgan fingerprint density at radius 3 is 1.84 bits per heavy atom. The number of nitrogens with zero attached hydrogens (tertiary/aromatic N) is 1. The molecule has 3 aromatic rings. The molecule has 5 rings (SSSR count). The molecular formula is C31H31N. The highest BCUT2D eigenvalue weighted by Crippen LogP contribution is 2.45. The lowest BCUT2D eigenvalue weighted by Gasteiger charge is -2.39. The molecule has 0 radical (unpaired) electrons. The molecule has 1 saturated carbocycles. The summed E-state index contributed by atoms with van der Waals surface area (Å²) in [4.78, 5) is 2.31. The van der Waals surface area contributed by atoms with Gasteiger partial charge in [0.05, 0.1) is 5.70 Å². The second kappa shape index (κ2) is 8.69. The van der Waals surface area contributed by atoms with Crippen molar-refractivity contribution in [3.8, 4) is 0 Å². The van der Waals surface area contributed by atoms with Crippen LogP contribution in [0, 0.1) is 6.92 Å². The van der Waals surface area contributed by atoms with Crippen LogP contribution in [-0.4, -0.2) is 0 Å². The zero-order valence-electron chi connectivity index (χ0n) is 19.1. The summed E-state index contributed by atoms with van der Waals surface area (Å²) in [5.74, 6) is 0. The molecule has 0 aliphatic heterocycles. The fraction of sp³-hybridized carbons (Fsp3) is 0.258. The van der Waals surface area contributed by atoms with Gasteiger partial charge in [0.1, 0.15) is 0 Å². The lowest BCUT2D eigenvalue weighted by molar-refractivity contribution is 0.346. The Morgan fingerprint density at radius 1 is 0.656 bits per heavy atom. The largest absolute Gasteiger partial charge is 0.304 e. The van der Waals surface area contributed by atoms with Crippen LogP contribution in [0.4, 0.5) is 11.4 Å². The first kappa shape index (κ1) is 20.6. The SMILES string of the molecule is CC1=C=C(N(c2ccc(C)cc2)c2ccc(C3(c4ccccc4)CCCCC3)cc2)C=C1. The van der Waals surface area contributed by atoms with E-state index < -0.39 is 0 Å². The first-order valence-electron chi connectivity index (χ1n) is 11.8. The molecule has 160 valence electrons. The fourth-order valence-electron chi connectivity index (χ4n) is 5.33. The predicted molar refractivity (Wildman–Crippen MR) is 135 cm³/mol. The van der Waals surface area contributed by atoms with E-state index in [0.717, 1.165) is 5.70 Å². The normalized spacial score (nSPS) is 17.1. The molecule has 0 spiro atoms. The highest BCUT2D eigenvalue weighted by molar-refractivity contribution is 5.71. The minimum absolute atomic E-state index is 0.135. The van der Waals surface area contributed by atoms with Crippen LogP contribution in [0.25, 0.3) is 0 Å². The Hall–Kier alpha value is -3.28. The van der Waals surface area contributed by atoms with Gasteiger partial charge in [-0.05, 0) is 79.8 Å². The van der Waals surface area contributed by atoms with Gasteiger partial charge < -0.3 is 4.90 Å².